The first kappa shape index (κ1) is 24.9. The Morgan fingerprint density at radius 1 is 1.03 bits per heavy atom. The minimum atomic E-state index is -4.46. The SMILES string of the molecule is COc1ccc(N2CCN3c4ccc(C(F)(F)F)cc4C[C@@H](C(=O)NCc4ccc(F)cc4)[C@@H]3C2)cc1. The zero-order chi connectivity index (χ0) is 26.2. The van der Waals surface area contributed by atoms with Gasteiger partial charge in [-0.3, -0.25) is 4.79 Å². The molecule has 0 bridgehead atoms. The lowest BCUT2D eigenvalue weighted by Gasteiger charge is -2.49. The Labute approximate surface area is 212 Å². The van der Waals surface area contributed by atoms with Gasteiger partial charge in [0.25, 0.3) is 0 Å². The van der Waals surface area contributed by atoms with Crippen molar-refractivity contribution >= 4 is 17.3 Å². The van der Waals surface area contributed by atoms with E-state index in [0.717, 1.165) is 28.8 Å². The number of methoxy groups -OCH3 is 1. The van der Waals surface area contributed by atoms with Crippen LogP contribution in [0.15, 0.2) is 66.7 Å². The number of benzene rings is 3. The van der Waals surface area contributed by atoms with E-state index in [-0.39, 0.29) is 30.7 Å². The lowest BCUT2D eigenvalue weighted by Crippen LogP contribution is -2.61. The molecule has 1 saturated heterocycles. The number of halogens is 4. The molecule has 5 nitrogen and oxygen atoms in total. The van der Waals surface area contributed by atoms with Gasteiger partial charge in [-0.1, -0.05) is 12.1 Å². The number of hydrogen-bond acceptors (Lipinski definition) is 4. The molecule has 2 aliphatic rings. The molecule has 2 atom stereocenters. The fraction of sp³-hybridized carbons (Fsp3) is 0.321. The highest BCUT2D eigenvalue weighted by Gasteiger charge is 2.42. The van der Waals surface area contributed by atoms with Crippen LogP contribution >= 0.6 is 0 Å². The van der Waals surface area contributed by atoms with Gasteiger partial charge in [-0.05, 0) is 72.1 Å². The first-order valence-corrected chi connectivity index (χ1v) is 12.1. The van der Waals surface area contributed by atoms with Crippen molar-refractivity contribution in [3.63, 3.8) is 0 Å². The molecule has 37 heavy (non-hydrogen) atoms. The molecule has 1 amide bonds. The topological polar surface area (TPSA) is 44.8 Å². The van der Waals surface area contributed by atoms with E-state index in [1.54, 1.807) is 19.2 Å². The fourth-order valence-corrected chi connectivity index (χ4v) is 5.25. The summed E-state index contributed by atoms with van der Waals surface area (Å²) in [5.74, 6) is -0.417. The number of fused-ring (bicyclic) bond motifs is 3. The van der Waals surface area contributed by atoms with Crippen molar-refractivity contribution in [3.8, 4) is 5.75 Å². The van der Waals surface area contributed by atoms with Crippen molar-refractivity contribution in [2.75, 3.05) is 36.5 Å². The number of piperazine rings is 1. The first-order valence-electron chi connectivity index (χ1n) is 12.1. The highest BCUT2D eigenvalue weighted by atomic mass is 19.4. The molecule has 9 heteroatoms. The molecular formula is C28H27F4N3O2. The molecule has 2 aliphatic heterocycles. The molecule has 0 saturated carbocycles. The maximum Gasteiger partial charge on any atom is 0.416 e. The average molecular weight is 514 g/mol. The van der Waals surface area contributed by atoms with Crippen LogP contribution in [0.4, 0.5) is 28.9 Å². The smallest absolute Gasteiger partial charge is 0.416 e. The van der Waals surface area contributed by atoms with Crippen LogP contribution in [0.25, 0.3) is 0 Å². The largest absolute Gasteiger partial charge is 0.497 e. The summed E-state index contributed by atoms with van der Waals surface area (Å²) in [6, 6.07) is 17.1. The van der Waals surface area contributed by atoms with Crippen molar-refractivity contribution in [3.05, 3.63) is 89.2 Å². The van der Waals surface area contributed by atoms with Crippen LogP contribution in [-0.4, -0.2) is 38.7 Å². The standard InChI is InChI=1S/C28H27F4N3O2/c1-37-23-9-7-22(8-10-23)34-12-13-35-25-11-4-20(28(30,31)32)14-19(25)15-24(26(35)17-34)27(36)33-16-18-2-5-21(29)6-3-18/h2-11,14,24,26H,12-13,15-17H2,1H3,(H,33,36)/t24-,26+/m1/s1. The average Bonchev–Trinajstić information content (AvgIpc) is 2.91. The van der Waals surface area contributed by atoms with E-state index >= 15 is 0 Å². The monoisotopic (exact) mass is 513 g/mol. The maximum atomic E-state index is 13.4. The van der Waals surface area contributed by atoms with Crippen LogP contribution in [0, 0.1) is 11.7 Å². The van der Waals surface area contributed by atoms with Crippen molar-refractivity contribution in [2.24, 2.45) is 5.92 Å². The van der Waals surface area contributed by atoms with Gasteiger partial charge in [0.05, 0.1) is 24.6 Å². The number of ether oxygens (including phenoxy) is 1. The molecule has 3 aromatic carbocycles. The molecule has 0 aliphatic carbocycles. The van der Waals surface area contributed by atoms with E-state index in [1.807, 2.05) is 24.3 Å². The normalized spacial score (nSPS) is 19.2. The summed E-state index contributed by atoms with van der Waals surface area (Å²) in [6.07, 6.45) is -4.26. The highest BCUT2D eigenvalue weighted by Crippen LogP contribution is 2.40. The van der Waals surface area contributed by atoms with Crippen LogP contribution in [0.1, 0.15) is 16.7 Å². The second-order valence-electron chi connectivity index (χ2n) is 9.40. The van der Waals surface area contributed by atoms with E-state index < -0.39 is 17.7 Å². The van der Waals surface area contributed by atoms with Crippen LogP contribution < -0.4 is 19.9 Å². The maximum absolute atomic E-state index is 13.4. The van der Waals surface area contributed by atoms with Crippen LogP contribution in [-0.2, 0) is 23.9 Å². The Morgan fingerprint density at radius 3 is 2.43 bits per heavy atom. The number of amides is 1. The highest BCUT2D eigenvalue weighted by molar-refractivity contribution is 5.82. The predicted octanol–water partition coefficient (Wildman–Crippen LogP) is 5.04. The molecule has 1 fully saturated rings. The minimum Gasteiger partial charge on any atom is -0.497 e. The van der Waals surface area contributed by atoms with Gasteiger partial charge in [0, 0.05) is 37.6 Å². The Balaban J connectivity index is 1.42. The predicted molar refractivity (Wildman–Crippen MR) is 133 cm³/mol. The Morgan fingerprint density at radius 2 is 1.76 bits per heavy atom. The van der Waals surface area contributed by atoms with Gasteiger partial charge >= 0.3 is 6.18 Å². The minimum absolute atomic E-state index is 0.201. The van der Waals surface area contributed by atoms with Gasteiger partial charge in [-0.25, -0.2) is 4.39 Å². The Hall–Kier alpha value is -3.75. The van der Waals surface area contributed by atoms with Crippen LogP contribution in [0.3, 0.4) is 0 Å². The number of rotatable bonds is 5. The summed E-state index contributed by atoms with van der Waals surface area (Å²) in [5, 5.41) is 2.92. The Kier molecular flexibility index (Phi) is 6.70. The molecule has 194 valence electrons. The van der Waals surface area contributed by atoms with E-state index in [1.165, 1.54) is 24.3 Å². The molecule has 0 radical (unpaired) electrons. The number of nitrogens with zero attached hydrogens (tertiary/aromatic N) is 2. The van der Waals surface area contributed by atoms with E-state index in [2.05, 4.69) is 15.1 Å². The molecule has 0 spiro atoms. The zero-order valence-electron chi connectivity index (χ0n) is 20.3. The van der Waals surface area contributed by atoms with Gasteiger partial charge in [-0.15, -0.1) is 0 Å². The number of hydrogen-bond donors (Lipinski definition) is 1. The lowest BCUT2D eigenvalue weighted by molar-refractivity contribution is -0.137. The molecule has 0 aromatic heterocycles. The summed E-state index contributed by atoms with van der Waals surface area (Å²) in [5.41, 5.74) is 2.28. The summed E-state index contributed by atoms with van der Waals surface area (Å²) in [4.78, 5) is 17.7. The Bertz CT molecular complexity index is 1260. The van der Waals surface area contributed by atoms with E-state index in [4.69, 9.17) is 4.74 Å². The van der Waals surface area contributed by atoms with E-state index in [9.17, 15) is 22.4 Å². The second kappa shape index (κ2) is 9.95. The number of carbonyl (C=O) groups is 1. The molecular weight excluding hydrogens is 486 g/mol. The summed E-state index contributed by atoms with van der Waals surface area (Å²) < 4.78 is 58.8. The molecule has 2 heterocycles. The number of nitrogens with one attached hydrogen (secondary N) is 1. The van der Waals surface area contributed by atoms with Gasteiger partial charge < -0.3 is 19.9 Å². The molecule has 5 rings (SSSR count). The summed E-state index contributed by atoms with van der Waals surface area (Å²) in [6.45, 7) is 1.98. The summed E-state index contributed by atoms with van der Waals surface area (Å²) >= 11 is 0. The van der Waals surface area contributed by atoms with Crippen molar-refractivity contribution < 1.29 is 27.1 Å². The summed E-state index contributed by atoms with van der Waals surface area (Å²) in [7, 11) is 1.60. The number of alkyl halides is 3. The van der Waals surface area contributed by atoms with E-state index in [0.29, 0.717) is 25.2 Å². The molecule has 1 N–H and O–H groups in total. The molecule has 0 unspecified atom stereocenters. The second-order valence-corrected chi connectivity index (χ2v) is 9.40. The first-order chi connectivity index (χ1) is 17.7. The number of anilines is 2. The van der Waals surface area contributed by atoms with Crippen LogP contribution in [0.2, 0.25) is 0 Å². The fourth-order valence-electron chi connectivity index (χ4n) is 5.25. The van der Waals surface area contributed by atoms with Gasteiger partial charge in [0.1, 0.15) is 11.6 Å². The van der Waals surface area contributed by atoms with Crippen LogP contribution in [0.5, 0.6) is 5.75 Å². The third-order valence-corrected chi connectivity index (χ3v) is 7.19. The van der Waals surface area contributed by atoms with Gasteiger partial charge in [0.15, 0.2) is 0 Å². The number of carbonyl (C=O) groups excluding carboxylic acids is 1. The quantitative estimate of drug-likeness (QED) is 0.486. The zero-order valence-corrected chi connectivity index (χ0v) is 20.3. The van der Waals surface area contributed by atoms with Crippen molar-refractivity contribution in [1.29, 1.82) is 0 Å². The lowest BCUT2D eigenvalue weighted by atomic mass is 9.82. The third-order valence-electron chi connectivity index (χ3n) is 7.19. The van der Waals surface area contributed by atoms with Crippen molar-refractivity contribution in [1.82, 2.24) is 5.32 Å². The third kappa shape index (κ3) is 5.21. The molecule has 3 aromatic rings. The van der Waals surface area contributed by atoms with Gasteiger partial charge in [0.2, 0.25) is 5.91 Å². The van der Waals surface area contributed by atoms with Crippen molar-refractivity contribution in [2.45, 2.75) is 25.2 Å². The van der Waals surface area contributed by atoms with Gasteiger partial charge in [-0.2, -0.15) is 13.2 Å².